The van der Waals surface area contributed by atoms with E-state index in [-0.39, 0.29) is 0 Å². The van der Waals surface area contributed by atoms with Crippen molar-refractivity contribution in [1.29, 1.82) is 0 Å². The lowest BCUT2D eigenvalue weighted by atomic mass is 9.93. The highest BCUT2D eigenvalue weighted by Gasteiger charge is 2.41. The highest BCUT2D eigenvalue weighted by molar-refractivity contribution is 9.10. The van der Waals surface area contributed by atoms with Gasteiger partial charge in [0, 0.05) is 4.47 Å². The van der Waals surface area contributed by atoms with E-state index < -0.39 is 11.5 Å². The predicted octanol–water partition coefficient (Wildman–Crippen LogP) is 1.63. The molecule has 1 aliphatic rings. The molecule has 1 aliphatic carbocycles. The van der Waals surface area contributed by atoms with Crippen LogP contribution in [0, 0.1) is 0 Å². The van der Waals surface area contributed by atoms with E-state index in [4.69, 9.17) is 10.8 Å². The SMILES string of the molecule is NC1(C(=O)O)CCc2ccc(Br)cc21. The molecule has 0 spiro atoms. The fourth-order valence-corrected chi connectivity index (χ4v) is 2.23. The third-order valence-electron chi connectivity index (χ3n) is 2.72. The second kappa shape index (κ2) is 3.07. The van der Waals surface area contributed by atoms with Crippen LogP contribution in [0.25, 0.3) is 0 Å². The van der Waals surface area contributed by atoms with E-state index in [1.54, 1.807) is 6.07 Å². The minimum absolute atomic E-state index is 0.480. The first-order valence-corrected chi connectivity index (χ1v) is 5.14. The molecule has 0 aromatic heterocycles. The van der Waals surface area contributed by atoms with Crippen LogP contribution in [0.4, 0.5) is 0 Å². The summed E-state index contributed by atoms with van der Waals surface area (Å²) in [6.07, 6.45) is 1.22. The molecule has 0 fully saturated rings. The molecule has 4 heteroatoms. The van der Waals surface area contributed by atoms with Crippen LogP contribution >= 0.6 is 15.9 Å². The van der Waals surface area contributed by atoms with E-state index in [0.29, 0.717) is 6.42 Å². The molecule has 1 aromatic carbocycles. The molecule has 74 valence electrons. The number of benzene rings is 1. The maximum atomic E-state index is 11.1. The summed E-state index contributed by atoms with van der Waals surface area (Å²) in [4.78, 5) is 11.1. The first-order chi connectivity index (χ1) is 6.54. The summed E-state index contributed by atoms with van der Waals surface area (Å²) in [7, 11) is 0. The lowest BCUT2D eigenvalue weighted by Crippen LogP contribution is -2.42. The van der Waals surface area contributed by atoms with Crippen LogP contribution in [0.15, 0.2) is 22.7 Å². The van der Waals surface area contributed by atoms with Gasteiger partial charge in [0.05, 0.1) is 0 Å². The standard InChI is InChI=1S/C10H10BrNO2/c11-7-2-1-6-3-4-10(12,9(13)14)8(6)5-7/h1-2,5H,3-4,12H2,(H,13,14). The summed E-state index contributed by atoms with van der Waals surface area (Å²) in [5.41, 5.74) is 6.44. The third-order valence-corrected chi connectivity index (χ3v) is 3.22. The molecule has 0 radical (unpaired) electrons. The first kappa shape index (κ1) is 9.68. The van der Waals surface area contributed by atoms with Crippen molar-refractivity contribution in [3.05, 3.63) is 33.8 Å². The molecular weight excluding hydrogens is 246 g/mol. The lowest BCUT2D eigenvalue weighted by Gasteiger charge is -2.19. The van der Waals surface area contributed by atoms with Gasteiger partial charge in [-0.25, -0.2) is 4.79 Å². The maximum absolute atomic E-state index is 11.1. The topological polar surface area (TPSA) is 63.3 Å². The van der Waals surface area contributed by atoms with Gasteiger partial charge in [0.15, 0.2) is 0 Å². The van der Waals surface area contributed by atoms with Gasteiger partial charge in [-0.15, -0.1) is 0 Å². The number of aryl methyl sites for hydroxylation is 1. The molecule has 0 saturated heterocycles. The summed E-state index contributed by atoms with van der Waals surface area (Å²) in [6, 6.07) is 5.64. The largest absolute Gasteiger partial charge is 0.480 e. The Labute approximate surface area is 90.0 Å². The van der Waals surface area contributed by atoms with Gasteiger partial charge in [0.25, 0.3) is 0 Å². The van der Waals surface area contributed by atoms with Crippen molar-refractivity contribution in [2.45, 2.75) is 18.4 Å². The van der Waals surface area contributed by atoms with Gasteiger partial charge in [-0.3, -0.25) is 0 Å². The zero-order chi connectivity index (χ0) is 10.3. The summed E-state index contributed by atoms with van der Waals surface area (Å²) in [5, 5.41) is 9.07. The summed E-state index contributed by atoms with van der Waals surface area (Å²) < 4.78 is 0.870. The number of carbonyl (C=O) groups is 1. The summed E-state index contributed by atoms with van der Waals surface area (Å²) >= 11 is 3.32. The Balaban J connectivity index is 2.58. The average Bonchev–Trinajstić information content (AvgIpc) is 2.46. The number of carboxylic acid groups (broad SMARTS) is 1. The van der Waals surface area contributed by atoms with E-state index >= 15 is 0 Å². The molecule has 0 bridgehead atoms. The van der Waals surface area contributed by atoms with Gasteiger partial charge in [-0.1, -0.05) is 22.0 Å². The fourth-order valence-electron chi connectivity index (χ4n) is 1.87. The number of halogens is 1. The van der Waals surface area contributed by atoms with E-state index in [9.17, 15) is 4.79 Å². The molecule has 2 rings (SSSR count). The predicted molar refractivity (Wildman–Crippen MR) is 56.0 cm³/mol. The summed E-state index contributed by atoms with van der Waals surface area (Å²) in [6.45, 7) is 0. The van der Waals surface area contributed by atoms with Gasteiger partial charge in [-0.2, -0.15) is 0 Å². The Bertz CT molecular complexity index is 405. The Morgan fingerprint density at radius 2 is 2.29 bits per heavy atom. The van der Waals surface area contributed by atoms with Gasteiger partial charge < -0.3 is 10.8 Å². The van der Waals surface area contributed by atoms with Crippen LogP contribution < -0.4 is 5.73 Å². The number of hydrogen-bond donors (Lipinski definition) is 2. The molecule has 0 aliphatic heterocycles. The quantitative estimate of drug-likeness (QED) is 0.802. The van der Waals surface area contributed by atoms with Crippen LogP contribution in [0.5, 0.6) is 0 Å². The highest BCUT2D eigenvalue weighted by atomic mass is 79.9. The molecule has 1 aromatic rings. The van der Waals surface area contributed by atoms with Gasteiger partial charge in [0.1, 0.15) is 5.54 Å². The average molecular weight is 256 g/mol. The van der Waals surface area contributed by atoms with Crippen molar-refractivity contribution in [3.8, 4) is 0 Å². The van der Waals surface area contributed by atoms with E-state index in [0.717, 1.165) is 22.0 Å². The molecule has 1 unspecified atom stereocenters. The van der Waals surface area contributed by atoms with Crippen molar-refractivity contribution in [3.63, 3.8) is 0 Å². The van der Waals surface area contributed by atoms with Gasteiger partial charge >= 0.3 is 5.97 Å². The molecule has 1 atom stereocenters. The Kier molecular flexibility index (Phi) is 2.12. The van der Waals surface area contributed by atoms with Crippen molar-refractivity contribution in [2.75, 3.05) is 0 Å². The van der Waals surface area contributed by atoms with E-state index in [2.05, 4.69) is 15.9 Å². The number of fused-ring (bicyclic) bond motifs is 1. The second-order valence-corrected chi connectivity index (χ2v) is 4.49. The monoisotopic (exact) mass is 255 g/mol. The summed E-state index contributed by atoms with van der Waals surface area (Å²) in [5.74, 6) is -0.950. The van der Waals surface area contributed by atoms with E-state index in [1.807, 2.05) is 12.1 Å². The van der Waals surface area contributed by atoms with Crippen LogP contribution in [-0.2, 0) is 16.8 Å². The number of nitrogens with two attached hydrogens (primary N) is 1. The van der Waals surface area contributed by atoms with Crippen molar-refractivity contribution in [2.24, 2.45) is 5.73 Å². The molecule has 3 N–H and O–H groups in total. The minimum Gasteiger partial charge on any atom is -0.480 e. The Morgan fingerprint density at radius 3 is 2.93 bits per heavy atom. The third kappa shape index (κ3) is 1.26. The molecule has 14 heavy (non-hydrogen) atoms. The van der Waals surface area contributed by atoms with Crippen LogP contribution in [0.1, 0.15) is 17.5 Å². The van der Waals surface area contributed by atoms with Crippen molar-refractivity contribution < 1.29 is 9.90 Å². The molecular formula is C10H10BrNO2. The maximum Gasteiger partial charge on any atom is 0.328 e. The number of rotatable bonds is 1. The smallest absolute Gasteiger partial charge is 0.328 e. The molecule has 0 saturated carbocycles. The van der Waals surface area contributed by atoms with Gasteiger partial charge in [-0.05, 0) is 36.1 Å². The number of carboxylic acids is 1. The Hall–Kier alpha value is -0.870. The Morgan fingerprint density at radius 1 is 1.57 bits per heavy atom. The lowest BCUT2D eigenvalue weighted by molar-refractivity contribution is -0.143. The van der Waals surface area contributed by atoms with Crippen LogP contribution in [-0.4, -0.2) is 11.1 Å². The molecule has 0 heterocycles. The van der Waals surface area contributed by atoms with Crippen LogP contribution in [0.3, 0.4) is 0 Å². The first-order valence-electron chi connectivity index (χ1n) is 4.35. The van der Waals surface area contributed by atoms with E-state index in [1.165, 1.54) is 0 Å². The molecule has 3 nitrogen and oxygen atoms in total. The minimum atomic E-state index is -1.20. The normalized spacial score (nSPS) is 24.7. The number of hydrogen-bond acceptors (Lipinski definition) is 2. The second-order valence-electron chi connectivity index (χ2n) is 3.58. The van der Waals surface area contributed by atoms with Crippen molar-refractivity contribution in [1.82, 2.24) is 0 Å². The van der Waals surface area contributed by atoms with Crippen molar-refractivity contribution >= 4 is 21.9 Å². The van der Waals surface area contributed by atoms with Gasteiger partial charge in [0.2, 0.25) is 0 Å². The zero-order valence-electron chi connectivity index (χ0n) is 7.46. The zero-order valence-corrected chi connectivity index (χ0v) is 9.04. The van der Waals surface area contributed by atoms with Crippen LogP contribution in [0.2, 0.25) is 0 Å². The highest BCUT2D eigenvalue weighted by Crippen LogP contribution is 2.36. The molecule has 0 amide bonds. The fraction of sp³-hybridized carbons (Fsp3) is 0.300. The number of aliphatic carboxylic acids is 1.